The van der Waals surface area contributed by atoms with E-state index < -0.39 is 6.09 Å². The number of pyridine rings is 1. The molecule has 4 aromatic rings. The fraction of sp³-hybridized carbons (Fsp3) is 0.360. The molecule has 10 heteroatoms. The van der Waals surface area contributed by atoms with Crippen LogP contribution in [0.5, 0.6) is 5.75 Å². The standard InChI is InChI=1S/C25H26N6O4/c1-14-21(15(2)35-28-14)17-7-8-19-22-23(17)34-13-20(18-6-4-5-10-26-18)31(22)24(27-19)30-11-9-16(12-30)29(3)25(32)33/h4-8,10,16,20H,9,11-13H2,1-3H3,(H,32,33)/t16-,20-/m1/s1. The topological polar surface area (TPSA) is 110 Å². The number of rotatable bonds is 4. The quantitative estimate of drug-likeness (QED) is 0.475. The van der Waals surface area contributed by atoms with Gasteiger partial charge in [-0.05, 0) is 44.5 Å². The average Bonchev–Trinajstić information content (AvgIpc) is 3.58. The summed E-state index contributed by atoms with van der Waals surface area (Å²) < 4.78 is 14.1. The Labute approximate surface area is 201 Å². The van der Waals surface area contributed by atoms with Crippen molar-refractivity contribution in [1.29, 1.82) is 0 Å². The summed E-state index contributed by atoms with van der Waals surface area (Å²) in [7, 11) is 1.63. The lowest BCUT2D eigenvalue weighted by molar-refractivity contribution is 0.142. The van der Waals surface area contributed by atoms with Gasteiger partial charge in [0.2, 0.25) is 5.95 Å². The minimum Gasteiger partial charge on any atom is -0.488 e. The third kappa shape index (κ3) is 3.31. The van der Waals surface area contributed by atoms with Crippen LogP contribution >= 0.6 is 0 Å². The van der Waals surface area contributed by atoms with E-state index in [1.54, 1.807) is 13.2 Å². The van der Waals surface area contributed by atoms with Crippen molar-refractivity contribution >= 4 is 23.1 Å². The van der Waals surface area contributed by atoms with Gasteiger partial charge in [0.15, 0.2) is 5.75 Å². The Morgan fingerprint density at radius 2 is 2.09 bits per heavy atom. The van der Waals surface area contributed by atoms with E-state index in [1.807, 2.05) is 44.2 Å². The van der Waals surface area contributed by atoms with E-state index >= 15 is 0 Å². The number of amides is 1. The van der Waals surface area contributed by atoms with Crippen LogP contribution in [0.1, 0.15) is 29.6 Å². The Balaban J connectivity index is 1.53. The van der Waals surface area contributed by atoms with Gasteiger partial charge >= 0.3 is 6.09 Å². The summed E-state index contributed by atoms with van der Waals surface area (Å²) in [4.78, 5) is 24.7. The number of hydrogen-bond acceptors (Lipinski definition) is 7. The van der Waals surface area contributed by atoms with Gasteiger partial charge in [-0.3, -0.25) is 9.55 Å². The third-order valence-electron chi connectivity index (χ3n) is 7.11. The molecule has 1 N–H and O–H groups in total. The maximum absolute atomic E-state index is 11.5. The van der Waals surface area contributed by atoms with Crippen LogP contribution < -0.4 is 9.64 Å². The van der Waals surface area contributed by atoms with Crippen LogP contribution in [0.25, 0.3) is 22.2 Å². The van der Waals surface area contributed by atoms with Crippen molar-refractivity contribution in [2.24, 2.45) is 0 Å². The highest BCUT2D eigenvalue weighted by atomic mass is 16.5. The molecule has 35 heavy (non-hydrogen) atoms. The highest BCUT2D eigenvalue weighted by Crippen LogP contribution is 2.46. The van der Waals surface area contributed by atoms with E-state index in [2.05, 4.69) is 19.6 Å². The molecule has 0 saturated carbocycles. The molecular formula is C25H26N6O4. The first-order chi connectivity index (χ1) is 16.9. The van der Waals surface area contributed by atoms with E-state index in [9.17, 15) is 9.90 Å². The molecule has 0 radical (unpaired) electrons. The van der Waals surface area contributed by atoms with Gasteiger partial charge in [-0.25, -0.2) is 9.78 Å². The molecule has 2 aliphatic heterocycles. The molecule has 0 spiro atoms. The van der Waals surface area contributed by atoms with Crippen LogP contribution in [0.3, 0.4) is 0 Å². The van der Waals surface area contributed by atoms with Crippen LogP contribution in [0.4, 0.5) is 10.7 Å². The van der Waals surface area contributed by atoms with Gasteiger partial charge in [-0.2, -0.15) is 0 Å². The molecule has 1 aromatic carbocycles. The lowest BCUT2D eigenvalue weighted by Gasteiger charge is -2.30. The number of benzene rings is 1. The zero-order valence-corrected chi connectivity index (χ0v) is 19.8. The SMILES string of the molecule is Cc1noc(C)c1-c1ccc2nc(N3CC[C@@H](N(C)C(=O)O)C3)n3c2c1OC[C@@H]3c1ccccn1. The van der Waals surface area contributed by atoms with Gasteiger partial charge in [-0.1, -0.05) is 11.2 Å². The van der Waals surface area contributed by atoms with Crippen molar-refractivity contribution in [1.82, 2.24) is 24.6 Å². The number of aromatic nitrogens is 4. The molecule has 10 nitrogen and oxygen atoms in total. The van der Waals surface area contributed by atoms with Crippen molar-refractivity contribution < 1.29 is 19.2 Å². The molecule has 2 aliphatic rings. The van der Waals surface area contributed by atoms with E-state index in [-0.39, 0.29) is 12.1 Å². The van der Waals surface area contributed by atoms with Gasteiger partial charge in [0.1, 0.15) is 23.9 Å². The molecule has 1 fully saturated rings. The molecule has 5 heterocycles. The first-order valence-corrected chi connectivity index (χ1v) is 11.7. The average molecular weight is 475 g/mol. The first kappa shape index (κ1) is 21.5. The normalized spacial score (nSPS) is 19.2. The number of aryl methyl sites for hydroxylation is 2. The van der Waals surface area contributed by atoms with Crippen LogP contribution in [-0.4, -0.2) is 68.6 Å². The summed E-state index contributed by atoms with van der Waals surface area (Å²) in [5, 5.41) is 13.6. The minimum absolute atomic E-state index is 0.0920. The van der Waals surface area contributed by atoms with E-state index in [1.165, 1.54) is 4.90 Å². The number of anilines is 1. The largest absolute Gasteiger partial charge is 0.488 e. The number of ether oxygens (including phenoxy) is 1. The molecule has 6 rings (SSSR count). The summed E-state index contributed by atoms with van der Waals surface area (Å²) in [5.41, 5.74) is 5.26. The Bertz CT molecular complexity index is 1410. The van der Waals surface area contributed by atoms with E-state index in [4.69, 9.17) is 14.2 Å². The van der Waals surface area contributed by atoms with Crippen LogP contribution in [0.2, 0.25) is 0 Å². The smallest absolute Gasteiger partial charge is 0.407 e. The lowest BCUT2D eigenvalue weighted by atomic mass is 10.0. The summed E-state index contributed by atoms with van der Waals surface area (Å²) in [5.74, 6) is 2.29. The molecule has 1 amide bonds. The summed E-state index contributed by atoms with van der Waals surface area (Å²) in [6.07, 6.45) is 1.61. The second-order valence-corrected chi connectivity index (χ2v) is 9.15. The number of imidazole rings is 1. The fourth-order valence-corrected chi connectivity index (χ4v) is 5.30. The lowest BCUT2D eigenvalue weighted by Crippen LogP contribution is -2.38. The van der Waals surface area contributed by atoms with Gasteiger partial charge in [0, 0.05) is 31.9 Å². The van der Waals surface area contributed by atoms with Crippen LogP contribution in [0.15, 0.2) is 41.1 Å². The first-order valence-electron chi connectivity index (χ1n) is 11.7. The highest BCUT2D eigenvalue weighted by Gasteiger charge is 2.36. The van der Waals surface area contributed by atoms with Gasteiger partial charge in [0.05, 0.1) is 28.5 Å². The van der Waals surface area contributed by atoms with Gasteiger partial charge in [-0.15, -0.1) is 0 Å². The molecule has 180 valence electrons. The molecule has 2 atom stereocenters. The van der Waals surface area contributed by atoms with E-state index in [0.29, 0.717) is 19.7 Å². The Hall–Kier alpha value is -4.08. The Morgan fingerprint density at radius 1 is 1.23 bits per heavy atom. The molecule has 3 aromatic heterocycles. The van der Waals surface area contributed by atoms with Gasteiger partial charge < -0.3 is 24.2 Å². The molecule has 0 aliphatic carbocycles. The maximum Gasteiger partial charge on any atom is 0.407 e. The predicted octanol–water partition coefficient (Wildman–Crippen LogP) is 3.87. The zero-order chi connectivity index (χ0) is 24.3. The summed E-state index contributed by atoms with van der Waals surface area (Å²) in [6, 6.07) is 9.62. The molecular weight excluding hydrogens is 448 g/mol. The monoisotopic (exact) mass is 474 g/mol. The molecule has 0 unspecified atom stereocenters. The number of carboxylic acid groups (broad SMARTS) is 1. The van der Waals surface area contributed by atoms with Crippen molar-refractivity contribution in [3.8, 4) is 16.9 Å². The van der Waals surface area contributed by atoms with Crippen LogP contribution in [-0.2, 0) is 0 Å². The Kier molecular flexibility index (Phi) is 4.91. The summed E-state index contributed by atoms with van der Waals surface area (Å²) >= 11 is 0. The second-order valence-electron chi connectivity index (χ2n) is 9.15. The van der Waals surface area contributed by atoms with Crippen molar-refractivity contribution in [3.63, 3.8) is 0 Å². The van der Waals surface area contributed by atoms with Crippen LogP contribution in [0, 0.1) is 13.8 Å². The van der Waals surface area contributed by atoms with E-state index in [0.717, 1.165) is 57.4 Å². The number of hydrogen-bond donors (Lipinski definition) is 1. The summed E-state index contributed by atoms with van der Waals surface area (Å²) in [6.45, 7) is 5.52. The van der Waals surface area contributed by atoms with Crippen molar-refractivity contribution in [3.05, 3.63) is 53.7 Å². The second kappa shape index (κ2) is 8.00. The molecule has 0 bridgehead atoms. The van der Waals surface area contributed by atoms with Crippen molar-refractivity contribution in [2.75, 3.05) is 31.6 Å². The maximum atomic E-state index is 11.5. The number of nitrogens with zero attached hydrogens (tertiary/aromatic N) is 6. The minimum atomic E-state index is -0.919. The highest BCUT2D eigenvalue weighted by molar-refractivity contribution is 5.94. The third-order valence-corrected chi connectivity index (χ3v) is 7.11. The number of carbonyl (C=O) groups is 1. The zero-order valence-electron chi connectivity index (χ0n) is 19.8. The van der Waals surface area contributed by atoms with Gasteiger partial charge in [0.25, 0.3) is 0 Å². The predicted molar refractivity (Wildman–Crippen MR) is 129 cm³/mol. The number of likely N-dealkylation sites (N-methyl/N-ethyl adjacent to an activating group) is 1. The Morgan fingerprint density at radius 3 is 2.80 bits per heavy atom. The fourth-order valence-electron chi connectivity index (χ4n) is 5.30. The molecule has 1 saturated heterocycles. The van der Waals surface area contributed by atoms with Crippen molar-refractivity contribution in [2.45, 2.75) is 32.4 Å².